The minimum absolute atomic E-state index is 0.00324. The number of benzene rings is 2. The third-order valence-electron chi connectivity index (χ3n) is 4.02. The summed E-state index contributed by atoms with van der Waals surface area (Å²) in [5.41, 5.74) is 0.266. The van der Waals surface area contributed by atoms with Gasteiger partial charge in [0.1, 0.15) is 5.15 Å². The maximum atomic E-state index is 12.9. The van der Waals surface area contributed by atoms with E-state index in [9.17, 15) is 19.7 Å². The number of aromatic nitrogens is 1. The molecule has 31 heavy (non-hydrogen) atoms. The minimum Gasteiger partial charge on any atom is -0.444 e. The highest BCUT2D eigenvalue weighted by Crippen LogP contribution is 2.29. The number of nitrogens with one attached hydrogen (secondary N) is 1. The molecule has 0 radical (unpaired) electrons. The van der Waals surface area contributed by atoms with Gasteiger partial charge in [0.2, 0.25) is 6.10 Å². The summed E-state index contributed by atoms with van der Waals surface area (Å²) in [5.74, 6) is -1.58. The van der Waals surface area contributed by atoms with Gasteiger partial charge in [-0.2, -0.15) is 0 Å². The number of carbonyl (C=O) groups is 2. The number of rotatable bonds is 6. The number of amides is 1. The van der Waals surface area contributed by atoms with E-state index in [1.54, 1.807) is 30.3 Å². The highest BCUT2D eigenvalue weighted by molar-refractivity contribution is 6.41. The van der Waals surface area contributed by atoms with Crippen molar-refractivity contribution in [3.05, 3.63) is 97.2 Å². The van der Waals surface area contributed by atoms with Gasteiger partial charge in [0, 0.05) is 23.9 Å². The average Bonchev–Trinajstić information content (AvgIpc) is 2.75. The lowest BCUT2D eigenvalue weighted by atomic mass is 10.1. The van der Waals surface area contributed by atoms with Gasteiger partial charge in [0.15, 0.2) is 0 Å². The van der Waals surface area contributed by atoms with Crippen molar-refractivity contribution >= 4 is 58.1 Å². The lowest BCUT2D eigenvalue weighted by Crippen LogP contribution is -2.26. The summed E-state index contributed by atoms with van der Waals surface area (Å²) in [5, 5.41) is 13.4. The lowest BCUT2D eigenvalue weighted by Gasteiger charge is -2.18. The molecule has 8 nitrogen and oxygen atoms in total. The molecule has 0 aliphatic carbocycles. The highest BCUT2D eigenvalue weighted by Gasteiger charge is 2.27. The van der Waals surface area contributed by atoms with Crippen LogP contribution < -0.4 is 5.32 Å². The Kier molecular flexibility index (Phi) is 7.06. The average molecular weight is 481 g/mol. The van der Waals surface area contributed by atoms with Crippen molar-refractivity contribution in [2.45, 2.75) is 6.10 Å². The number of ether oxygens (including phenoxy) is 1. The highest BCUT2D eigenvalue weighted by atomic mass is 35.5. The van der Waals surface area contributed by atoms with E-state index < -0.39 is 22.9 Å². The van der Waals surface area contributed by atoms with Crippen molar-refractivity contribution in [2.24, 2.45) is 0 Å². The number of hydrogen-bond donors (Lipinski definition) is 1. The molecule has 0 spiro atoms. The molecule has 0 aliphatic rings. The molecular weight excluding hydrogens is 469 g/mol. The standard InChI is InChI=1S/C20H12Cl3N3O5/c21-14-9-13(26(29)30)6-7-16(14)25-19(27)17(11-4-2-1-3-5-11)31-20(28)12-8-15(22)18(23)24-10-12/h1-10,17H,(H,25,27)/t17-/m0/s1. The zero-order chi connectivity index (χ0) is 22.5. The predicted molar refractivity (Wildman–Crippen MR) is 116 cm³/mol. The third-order valence-corrected chi connectivity index (χ3v) is 5.02. The second-order valence-corrected chi connectivity index (χ2v) is 7.28. The molecule has 3 rings (SSSR count). The molecule has 1 N–H and O–H groups in total. The van der Waals surface area contributed by atoms with Crippen LogP contribution in [0.25, 0.3) is 0 Å². The van der Waals surface area contributed by atoms with E-state index in [2.05, 4.69) is 10.3 Å². The molecule has 0 unspecified atom stereocenters. The fourth-order valence-corrected chi connectivity index (χ4v) is 3.02. The number of esters is 1. The van der Waals surface area contributed by atoms with Crippen LogP contribution in [-0.4, -0.2) is 21.8 Å². The molecule has 2 aromatic carbocycles. The molecule has 0 bridgehead atoms. The predicted octanol–water partition coefficient (Wildman–Crippen LogP) is 5.49. The Balaban J connectivity index is 1.87. The second kappa shape index (κ2) is 9.74. The Labute approximate surface area is 190 Å². The van der Waals surface area contributed by atoms with Crippen molar-refractivity contribution in [1.29, 1.82) is 0 Å². The van der Waals surface area contributed by atoms with Crippen LogP contribution in [0.15, 0.2) is 60.8 Å². The summed E-state index contributed by atoms with van der Waals surface area (Å²) in [4.78, 5) is 39.6. The van der Waals surface area contributed by atoms with Gasteiger partial charge in [-0.25, -0.2) is 9.78 Å². The Hall–Kier alpha value is -3.20. The zero-order valence-electron chi connectivity index (χ0n) is 15.4. The van der Waals surface area contributed by atoms with Crippen LogP contribution in [0.1, 0.15) is 22.0 Å². The van der Waals surface area contributed by atoms with E-state index in [-0.39, 0.29) is 32.1 Å². The first-order valence-corrected chi connectivity index (χ1v) is 9.71. The Morgan fingerprint density at radius 3 is 2.35 bits per heavy atom. The van der Waals surface area contributed by atoms with Crippen LogP contribution in [0.3, 0.4) is 0 Å². The molecular formula is C20H12Cl3N3O5. The van der Waals surface area contributed by atoms with E-state index in [4.69, 9.17) is 39.5 Å². The summed E-state index contributed by atoms with van der Waals surface area (Å²) in [6.45, 7) is 0. The van der Waals surface area contributed by atoms with E-state index in [1.165, 1.54) is 24.4 Å². The summed E-state index contributed by atoms with van der Waals surface area (Å²) in [6.07, 6.45) is -0.182. The van der Waals surface area contributed by atoms with Gasteiger partial charge in [0.25, 0.3) is 11.6 Å². The number of anilines is 1. The number of nitro benzene ring substituents is 1. The minimum atomic E-state index is -1.35. The number of pyridine rings is 1. The molecule has 1 atom stereocenters. The number of nitro groups is 1. The largest absolute Gasteiger partial charge is 0.444 e. The van der Waals surface area contributed by atoms with Gasteiger partial charge >= 0.3 is 5.97 Å². The summed E-state index contributed by atoms with van der Waals surface area (Å²) < 4.78 is 5.41. The molecule has 0 saturated heterocycles. The monoisotopic (exact) mass is 479 g/mol. The van der Waals surface area contributed by atoms with Gasteiger partial charge in [-0.1, -0.05) is 65.1 Å². The number of hydrogen-bond acceptors (Lipinski definition) is 6. The molecule has 158 valence electrons. The number of carbonyl (C=O) groups excluding carboxylic acids is 2. The fourth-order valence-electron chi connectivity index (χ4n) is 2.53. The maximum absolute atomic E-state index is 12.9. The van der Waals surface area contributed by atoms with Crippen molar-refractivity contribution in [1.82, 2.24) is 4.98 Å². The Bertz CT molecular complexity index is 1160. The van der Waals surface area contributed by atoms with Crippen molar-refractivity contribution in [3.8, 4) is 0 Å². The fraction of sp³-hybridized carbons (Fsp3) is 0.0500. The van der Waals surface area contributed by atoms with E-state index in [0.717, 1.165) is 6.07 Å². The molecule has 0 fully saturated rings. The normalized spacial score (nSPS) is 11.5. The second-order valence-electron chi connectivity index (χ2n) is 6.10. The Morgan fingerprint density at radius 1 is 1.03 bits per heavy atom. The van der Waals surface area contributed by atoms with Crippen LogP contribution in [0.2, 0.25) is 15.2 Å². The maximum Gasteiger partial charge on any atom is 0.340 e. The van der Waals surface area contributed by atoms with Crippen molar-refractivity contribution in [2.75, 3.05) is 5.32 Å². The van der Waals surface area contributed by atoms with E-state index in [0.29, 0.717) is 5.56 Å². The molecule has 0 aliphatic heterocycles. The number of nitrogens with zero attached hydrogens (tertiary/aromatic N) is 2. The van der Waals surface area contributed by atoms with E-state index >= 15 is 0 Å². The third kappa shape index (κ3) is 5.49. The SMILES string of the molecule is O=C(O[C@H](C(=O)Nc1ccc([N+](=O)[O-])cc1Cl)c1ccccc1)c1cnc(Cl)c(Cl)c1. The van der Waals surface area contributed by atoms with Crippen LogP contribution in [0.5, 0.6) is 0 Å². The molecule has 1 aromatic heterocycles. The summed E-state index contributed by atoms with van der Waals surface area (Å²) in [7, 11) is 0. The Morgan fingerprint density at radius 2 is 1.74 bits per heavy atom. The summed E-state index contributed by atoms with van der Waals surface area (Å²) in [6, 6.07) is 13.1. The van der Waals surface area contributed by atoms with Gasteiger partial charge < -0.3 is 10.1 Å². The van der Waals surface area contributed by atoms with E-state index in [1.807, 2.05) is 0 Å². The zero-order valence-corrected chi connectivity index (χ0v) is 17.7. The van der Waals surface area contributed by atoms with Crippen LogP contribution >= 0.6 is 34.8 Å². The molecule has 3 aromatic rings. The molecule has 0 saturated carbocycles. The number of non-ortho nitro benzene ring substituents is 1. The van der Waals surface area contributed by atoms with Crippen LogP contribution in [0, 0.1) is 10.1 Å². The molecule has 11 heteroatoms. The van der Waals surface area contributed by atoms with Gasteiger partial charge in [-0.05, 0) is 12.1 Å². The van der Waals surface area contributed by atoms with Gasteiger partial charge in [-0.15, -0.1) is 0 Å². The quantitative estimate of drug-likeness (QED) is 0.216. The topological polar surface area (TPSA) is 111 Å². The first kappa shape index (κ1) is 22.5. The van der Waals surface area contributed by atoms with Gasteiger partial charge in [0.05, 0.1) is 26.2 Å². The smallest absolute Gasteiger partial charge is 0.340 e. The molecule has 1 heterocycles. The van der Waals surface area contributed by atoms with Crippen molar-refractivity contribution in [3.63, 3.8) is 0 Å². The first-order valence-electron chi connectivity index (χ1n) is 8.58. The molecule has 1 amide bonds. The van der Waals surface area contributed by atoms with Crippen molar-refractivity contribution < 1.29 is 19.2 Å². The van der Waals surface area contributed by atoms with Crippen LogP contribution in [0.4, 0.5) is 11.4 Å². The van der Waals surface area contributed by atoms with Crippen LogP contribution in [-0.2, 0) is 9.53 Å². The number of halogens is 3. The summed E-state index contributed by atoms with van der Waals surface area (Å²) >= 11 is 17.7. The lowest BCUT2D eigenvalue weighted by molar-refractivity contribution is -0.384. The van der Waals surface area contributed by atoms with Gasteiger partial charge in [-0.3, -0.25) is 14.9 Å². The first-order chi connectivity index (χ1) is 14.8.